The highest BCUT2D eigenvalue weighted by Crippen LogP contribution is 2.36. The number of hydrogen-bond donors (Lipinski definition) is 2. The number of sulfonamides is 1. The average Bonchev–Trinajstić information content (AvgIpc) is 3.37. The Bertz CT molecular complexity index is 1830. The molecule has 3 N–H and O–H groups in total. The number of carbonyl (C=O) groups is 2. The lowest BCUT2D eigenvalue weighted by Gasteiger charge is -2.22. The molecule has 0 fully saturated rings. The molecule has 0 heterocycles. The van der Waals surface area contributed by atoms with Crippen LogP contribution in [-0.4, -0.2) is 44.8 Å². The summed E-state index contributed by atoms with van der Waals surface area (Å²) in [5.41, 5.74) is 9.14. The topological polar surface area (TPSA) is 143 Å². The zero-order chi connectivity index (χ0) is 39.0. The molecular formula is C40H52Cl2N2O8S. The molecule has 10 nitrogen and oxygen atoms in total. The zero-order valence-electron chi connectivity index (χ0n) is 31.4. The van der Waals surface area contributed by atoms with Crippen LogP contribution in [0.1, 0.15) is 114 Å². The first kappa shape index (κ1) is 42.4. The van der Waals surface area contributed by atoms with Gasteiger partial charge in [-0.15, -0.1) is 0 Å². The SMILES string of the molecule is CC(C)(C)OC(=O)COc1cccc2c1CCCCC2N.CC(C)(C)OC(=O)COc1cccc2c1CCCCC2NS(=O)(=O)c1cc(Cl)cc(Cl)c1. The summed E-state index contributed by atoms with van der Waals surface area (Å²) >= 11 is 12.0. The second kappa shape index (κ2) is 18.3. The van der Waals surface area contributed by atoms with Crippen LogP contribution in [0.3, 0.4) is 0 Å². The maximum absolute atomic E-state index is 13.0. The molecule has 0 bridgehead atoms. The molecule has 5 rings (SSSR count). The van der Waals surface area contributed by atoms with Gasteiger partial charge >= 0.3 is 11.9 Å². The van der Waals surface area contributed by atoms with Crippen molar-refractivity contribution in [3.63, 3.8) is 0 Å². The quantitative estimate of drug-likeness (QED) is 0.161. The predicted molar refractivity (Wildman–Crippen MR) is 207 cm³/mol. The van der Waals surface area contributed by atoms with E-state index in [2.05, 4.69) is 10.8 Å². The summed E-state index contributed by atoms with van der Waals surface area (Å²) in [6, 6.07) is 15.2. The molecular weight excluding hydrogens is 739 g/mol. The Morgan fingerprint density at radius 2 is 1.21 bits per heavy atom. The molecule has 2 aliphatic rings. The molecule has 3 aromatic carbocycles. The second-order valence-electron chi connectivity index (χ2n) is 15.3. The lowest BCUT2D eigenvalue weighted by atomic mass is 9.99. The molecule has 2 unspecified atom stereocenters. The Labute approximate surface area is 324 Å². The fourth-order valence-electron chi connectivity index (χ4n) is 6.35. The Kier molecular flexibility index (Phi) is 14.7. The fraction of sp³-hybridized carbons (Fsp3) is 0.500. The normalized spacial score (nSPS) is 17.5. The van der Waals surface area contributed by atoms with E-state index in [-0.39, 0.29) is 40.2 Å². The summed E-state index contributed by atoms with van der Waals surface area (Å²) in [5, 5.41) is 0.494. The van der Waals surface area contributed by atoms with E-state index in [1.54, 1.807) is 32.9 Å². The first-order chi connectivity index (χ1) is 24.8. The monoisotopic (exact) mass is 790 g/mol. The van der Waals surface area contributed by atoms with Crippen molar-refractivity contribution in [1.29, 1.82) is 0 Å². The Morgan fingerprint density at radius 3 is 1.72 bits per heavy atom. The molecule has 53 heavy (non-hydrogen) atoms. The van der Waals surface area contributed by atoms with E-state index in [0.29, 0.717) is 12.2 Å². The van der Waals surface area contributed by atoms with Crippen LogP contribution < -0.4 is 19.9 Å². The van der Waals surface area contributed by atoms with E-state index in [0.717, 1.165) is 72.9 Å². The van der Waals surface area contributed by atoms with Gasteiger partial charge in [0.1, 0.15) is 22.7 Å². The molecule has 0 amide bonds. The van der Waals surface area contributed by atoms with E-state index >= 15 is 0 Å². The highest BCUT2D eigenvalue weighted by atomic mass is 35.5. The van der Waals surface area contributed by atoms with E-state index in [9.17, 15) is 18.0 Å². The number of fused-ring (bicyclic) bond motifs is 2. The molecule has 290 valence electrons. The van der Waals surface area contributed by atoms with Crippen LogP contribution in [0.4, 0.5) is 0 Å². The highest BCUT2D eigenvalue weighted by Gasteiger charge is 2.28. The lowest BCUT2D eigenvalue weighted by Crippen LogP contribution is -2.29. The third-order valence-electron chi connectivity index (χ3n) is 8.45. The third-order valence-corrected chi connectivity index (χ3v) is 10.3. The van der Waals surface area contributed by atoms with Crippen LogP contribution in [0.25, 0.3) is 0 Å². The molecule has 0 aliphatic heterocycles. The largest absolute Gasteiger partial charge is 0.482 e. The van der Waals surface area contributed by atoms with Crippen molar-refractivity contribution >= 4 is 45.2 Å². The minimum Gasteiger partial charge on any atom is -0.482 e. The summed E-state index contributed by atoms with van der Waals surface area (Å²) < 4.78 is 50.9. The van der Waals surface area contributed by atoms with Gasteiger partial charge in [0, 0.05) is 22.1 Å². The maximum Gasteiger partial charge on any atom is 0.344 e. The van der Waals surface area contributed by atoms with Gasteiger partial charge in [0.2, 0.25) is 10.0 Å². The van der Waals surface area contributed by atoms with Crippen molar-refractivity contribution in [3.8, 4) is 11.5 Å². The van der Waals surface area contributed by atoms with E-state index in [1.165, 1.54) is 18.2 Å². The van der Waals surface area contributed by atoms with Crippen molar-refractivity contribution in [2.24, 2.45) is 5.73 Å². The van der Waals surface area contributed by atoms with E-state index < -0.39 is 33.2 Å². The first-order valence-electron chi connectivity index (χ1n) is 18.0. The van der Waals surface area contributed by atoms with Crippen LogP contribution in [-0.2, 0) is 41.9 Å². The Balaban J connectivity index is 0.000000258. The Morgan fingerprint density at radius 1 is 0.736 bits per heavy atom. The summed E-state index contributed by atoms with van der Waals surface area (Å²) in [5.74, 6) is 0.512. The second-order valence-corrected chi connectivity index (χ2v) is 17.9. The van der Waals surface area contributed by atoms with Crippen LogP contribution in [0.5, 0.6) is 11.5 Å². The summed E-state index contributed by atoms with van der Waals surface area (Å²) in [7, 11) is -3.86. The van der Waals surface area contributed by atoms with Gasteiger partial charge in [-0.3, -0.25) is 0 Å². The summed E-state index contributed by atoms with van der Waals surface area (Å²) in [6.07, 6.45) is 7.26. The van der Waals surface area contributed by atoms with Crippen molar-refractivity contribution in [3.05, 3.63) is 86.9 Å². The minimum absolute atomic E-state index is 0.0122. The molecule has 0 radical (unpaired) electrons. The van der Waals surface area contributed by atoms with Gasteiger partial charge in [-0.05, 0) is 133 Å². The molecule has 2 aliphatic carbocycles. The number of carbonyl (C=O) groups excluding carboxylic acids is 2. The number of ether oxygens (including phenoxy) is 4. The zero-order valence-corrected chi connectivity index (χ0v) is 33.8. The van der Waals surface area contributed by atoms with Gasteiger partial charge in [-0.25, -0.2) is 22.7 Å². The van der Waals surface area contributed by atoms with E-state index in [4.69, 9.17) is 47.9 Å². The van der Waals surface area contributed by atoms with Crippen molar-refractivity contribution < 1.29 is 37.0 Å². The number of rotatable bonds is 9. The van der Waals surface area contributed by atoms with Gasteiger partial charge in [-0.2, -0.15) is 0 Å². The molecule has 0 spiro atoms. The van der Waals surface area contributed by atoms with Crippen LogP contribution >= 0.6 is 23.2 Å². The van der Waals surface area contributed by atoms with Crippen LogP contribution in [0.2, 0.25) is 10.0 Å². The average molecular weight is 792 g/mol. The molecule has 0 saturated heterocycles. The molecule has 0 aromatic heterocycles. The predicted octanol–water partition coefficient (Wildman–Crippen LogP) is 8.59. The van der Waals surface area contributed by atoms with Gasteiger partial charge in [0.15, 0.2) is 13.2 Å². The number of halogens is 2. The maximum atomic E-state index is 13.0. The molecule has 0 saturated carbocycles. The standard InChI is InChI=1S/C23H27Cl2NO5S.C17H25NO3/c1-23(2,3)31-22(27)14-30-21-10-6-8-18-19(21)7-4-5-9-20(18)26-32(28,29)17-12-15(24)11-16(25)13-17;1-17(2,3)21-16(19)11-20-15-10-6-8-12-13(15)7-4-5-9-14(12)18/h6,8,10-13,20,26H,4-5,7,9,14H2,1-3H3;6,8,10,14H,4-5,7,9,11,18H2,1-3H3. The number of esters is 2. The van der Waals surface area contributed by atoms with E-state index in [1.807, 2.05) is 39.0 Å². The lowest BCUT2D eigenvalue weighted by molar-refractivity contribution is -0.158. The number of nitrogens with one attached hydrogen (secondary N) is 1. The van der Waals surface area contributed by atoms with Gasteiger partial charge in [0.25, 0.3) is 0 Å². The van der Waals surface area contributed by atoms with Crippen molar-refractivity contribution in [1.82, 2.24) is 4.72 Å². The summed E-state index contributed by atoms with van der Waals surface area (Å²) in [4.78, 5) is 23.8. The minimum atomic E-state index is -3.86. The van der Waals surface area contributed by atoms with Crippen molar-refractivity contribution in [2.75, 3.05) is 13.2 Å². The van der Waals surface area contributed by atoms with Crippen LogP contribution in [0.15, 0.2) is 59.5 Å². The first-order valence-corrected chi connectivity index (χ1v) is 20.2. The number of benzene rings is 3. The number of hydrogen-bond acceptors (Lipinski definition) is 9. The summed E-state index contributed by atoms with van der Waals surface area (Å²) in [6.45, 7) is 10.6. The third kappa shape index (κ3) is 13.2. The van der Waals surface area contributed by atoms with Crippen molar-refractivity contribution in [2.45, 2.75) is 121 Å². The smallest absolute Gasteiger partial charge is 0.344 e. The molecule has 2 atom stereocenters. The fourth-order valence-corrected chi connectivity index (χ4v) is 8.32. The van der Waals surface area contributed by atoms with Gasteiger partial charge in [0.05, 0.1) is 4.90 Å². The van der Waals surface area contributed by atoms with Gasteiger partial charge in [-0.1, -0.05) is 60.3 Å². The number of nitrogens with two attached hydrogens (primary N) is 1. The molecule has 3 aromatic rings. The Hall–Kier alpha value is -3.35. The molecule has 13 heteroatoms. The highest BCUT2D eigenvalue weighted by molar-refractivity contribution is 7.89. The van der Waals surface area contributed by atoms with Crippen LogP contribution in [0, 0.1) is 0 Å². The van der Waals surface area contributed by atoms with Gasteiger partial charge < -0.3 is 24.7 Å².